The molecule has 1 heterocycles. The quantitative estimate of drug-likeness (QED) is 0.198. The van der Waals surface area contributed by atoms with Gasteiger partial charge in [0.05, 0.1) is 18.7 Å². The molecular formula is C32H36N2O6. The van der Waals surface area contributed by atoms with E-state index in [1.54, 1.807) is 36.4 Å². The van der Waals surface area contributed by atoms with Crippen molar-refractivity contribution in [3.8, 4) is 17.2 Å². The molecule has 2 N–H and O–H groups in total. The highest BCUT2D eigenvalue weighted by atomic mass is 16.5. The van der Waals surface area contributed by atoms with Crippen molar-refractivity contribution in [2.45, 2.75) is 33.4 Å². The molecule has 1 fully saturated rings. The van der Waals surface area contributed by atoms with Crippen LogP contribution in [0.1, 0.15) is 42.1 Å². The van der Waals surface area contributed by atoms with E-state index in [-0.39, 0.29) is 22.8 Å². The molecule has 0 spiro atoms. The fourth-order valence-corrected chi connectivity index (χ4v) is 4.94. The number of phenols is 1. The van der Waals surface area contributed by atoms with Gasteiger partial charge in [0.1, 0.15) is 18.1 Å². The molecule has 1 atom stereocenters. The molecule has 1 saturated heterocycles. The molecular weight excluding hydrogens is 508 g/mol. The van der Waals surface area contributed by atoms with E-state index >= 15 is 0 Å². The van der Waals surface area contributed by atoms with Gasteiger partial charge in [-0.1, -0.05) is 49.7 Å². The van der Waals surface area contributed by atoms with Gasteiger partial charge in [0.2, 0.25) is 0 Å². The SMILES string of the molecule is CCN(CC)CCN1C(=O)C(=O)C(=C(O)c2ccc(OCc3cccc(C)c3)cc2)[C@H]1c1ccc(O)c(OC)c1. The van der Waals surface area contributed by atoms with E-state index < -0.39 is 17.7 Å². The Morgan fingerprint density at radius 1 is 1.00 bits per heavy atom. The number of aromatic hydroxyl groups is 1. The minimum absolute atomic E-state index is 0.00859. The molecule has 8 heteroatoms. The van der Waals surface area contributed by atoms with Crippen LogP contribution in [-0.4, -0.2) is 65.0 Å². The van der Waals surface area contributed by atoms with Crippen molar-refractivity contribution in [3.63, 3.8) is 0 Å². The number of methoxy groups -OCH3 is 1. The average molecular weight is 545 g/mol. The first kappa shape index (κ1) is 28.7. The second-order valence-corrected chi connectivity index (χ2v) is 9.75. The zero-order chi connectivity index (χ0) is 28.8. The number of aliphatic hydroxyl groups is 1. The lowest BCUT2D eigenvalue weighted by molar-refractivity contribution is -0.140. The minimum atomic E-state index is -0.845. The van der Waals surface area contributed by atoms with Crippen LogP contribution in [0.15, 0.2) is 72.3 Å². The third kappa shape index (κ3) is 6.13. The molecule has 3 aromatic rings. The fourth-order valence-electron chi connectivity index (χ4n) is 4.94. The van der Waals surface area contributed by atoms with Crippen molar-refractivity contribution in [1.29, 1.82) is 0 Å². The van der Waals surface area contributed by atoms with Gasteiger partial charge < -0.3 is 29.5 Å². The van der Waals surface area contributed by atoms with Gasteiger partial charge in [0.25, 0.3) is 11.7 Å². The molecule has 8 nitrogen and oxygen atoms in total. The number of amides is 1. The molecule has 40 heavy (non-hydrogen) atoms. The average Bonchev–Trinajstić information content (AvgIpc) is 3.22. The first-order chi connectivity index (χ1) is 19.3. The van der Waals surface area contributed by atoms with Crippen molar-refractivity contribution in [2.75, 3.05) is 33.3 Å². The van der Waals surface area contributed by atoms with Crippen LogP contribution in [0.25, 0.3) is 5.76 Å². The Hall–Kier alpha value is -4.30. The number of aryl methyl sites for hydroxylation is 1. The van der Waals surface area contributed by atoms with Crippen LogP contribution in [0.2, 0.25) is 0 Å². The molecule has 210 valence electrons. The molecule has 0 unspecified atom stereocenters. The molecule has 0 saturated carbocycles. The smallest absolute Gasteiger partial charge is 0.295 e. The van der Waals surface area contributed by atoms with Crippen molar-refractivity contribution in [1.82, 2.24) is 9.80 Å². The second-order valence-electron chi connectivity index (χ2n) is 9.75. The minimum Gasteiger partial charge on any atom is -0.507 e. The summed E-state index contributed by atoms with van der Waals surface area (Å²) >= 11 is 0. The summed E-state index contributed by atoms with van der Waals surface area (Å²) in [5.41, 5.74) is 3.12. The topological polar surface area (TPSA) is 99.5 Å². The van der Waals surface area contributed by atoms with Crippen molar-refractivity contribution < 1.29 is 29.3 Å². The summed E-state index contributed by atoms with van der Waals surface area (Å²) < 4.78 is 11.2. The van der Waals surface area contributed by atoms with E-state index in [0.29, 0.717) is 36.6 Å². The number of rotatable bonds is 11. The van der Waals surface area contributed by atoms with Crippen LogP contribution in [-0.2, 0) is 16.2 Å². The van der Waals surface area contributed by atoms with Crippen molar-refractivity contribution in [2.24, 2.45) is 0 Å². The van der Waals surface area contributed by atoms with Gasteiger partial charge in [0, 0.05) is 18.7 Å². The van der Waals surface area contributed by atoms with E-state index in [9.17, 15) is 19.8 Å². The summed E-state index contributed by atoms with van der Waals surface area (Å²) in [6, 6.07) is 18.7. The summed E-state index contributed by atoms with van der Waals surface area (Å²) in [7, 11) is 1.43. The number of carbonyl (C=O) groups is 2. The first-order valence-corrected chi connectivity index (χ1v) is 13.4. The monoisotopic (exact) mass is 544 g/mol. The summed E-state index contributed by atoms with van der Waals surface area (Å²) in [6.45, 7) is 8.96. The Balaban J connectivity index is 1.67. The van der Waals surface area contributed by atoms with Gasteiger partial charge >= 0.3 is 0 Å². The van der Waals surface area contributed by atoms with Crippen LogP contribution < -0.4 is 9.47 Å². The summed E-state index contributed by atoms with van der Waals surface area (Å²) in [6.07, 6.45) is 0. The number of Topliss-reactive ketones (excluding diaryl/α,β-unsaturated/α-hetero) is 1. The maximum Gasteiger partial charge on any atom is 0.295 e. The number of aliphatic hydroxyl groups excluding tert-OH is 1. The van der Waals surface area contributed by atoms with Crippen LogP contribution in [0.5, 0.6) is 17.2 Å². The fraction of sp³-hybridized carbons (Fsp3) is 0.312. The largest absolute Gasteiger partial charge is 0.507 e. The molecule has 4 rings (SSSR count). The van der Waals surface area contributed by atoms with E-state index in [0.717, 1.165) is 24.2 Å². The number of hydrogen-bond donors (Lipinski definition) is 2. The number of ether oxygens (including phenoxy) is 2. The van der Waals surface area contributed by atoms with Gasteiger partial charge in [0.15, 0.2) is 11.5 Å². The first-order valence-electron chi connectivity index (χ1n) is 13.4. The normalized spacial score (nSPS) is 16.5. The van der Waals surface area contributed by atoms with Gasteiger partial charge in [-0.05, 0) is 67.5 Å². The number of likely N-dealkylation sites (tertiary alicyclic amines) is 1. The van der Waals surface area contributed by atoms with Crippen molar-refractivity contribution >= 4 is 17.4 Å². The number of carbonyl (C=O) groups excluding carboxylic acids is 2. The lowest BCUT2D eigenvalue weighted by Crippen LogP contribution is -2.38. The lowest BCUT2D eigenvalue weighted by atomic mass is 9.95. The highest BCUT2D eigenvalue weighted by Gasteiger charge is 2.46. The summed E-state index contributed by atoms with van der Waals surface area (Å²) in [5.74, 6) is -0.948. The van der Waals surface area contributed by atoms with E-state index in [1.807, 2.05) is 39.0 Å². The molecule has 3 aromatic carbocycles. The van der Waals surface area contributed by atoms with E-state index in [4.69, 9.17) is 9.47 Å². The van der Waals surface area contributed by atoms with Crippen LogP contribution in [0, 0.1) is 6.92 Å². The molecule has 1 amide bonds. The second kappa shape index (κ2) is 12.7. The number of nitrogens with zero attached hydrogens (tertiary/aromatic N) is 2. The third-order valence-electron chi connectivity index (χ3n) is 7.23. The number of hydrogen-bond acceptors (Lipinski definition) is 7. The van der Waals surface area contributed by atoms with E-state index in [1.165, 1.54) is 18.1 Å². The zero-order valence-electron chi connectivity index (χ0n) is 23.4. The number of phenolic OH excluding ortho intramolecular Hbond substituents is 1. The van der Waals surface area contributed by atoms with Gasteiger partial charge in [-0.2, -0.15) is 0 Å². The molecule has 0 radical (unpaired) electrons. The Morgan fingerprint density at radius 3 is 2.38 bits per heavy atom. The number of likely N-dealkylation sites (N-methyl/N-ethyl adjacent to an activating group) is 1. The predicted molar refractivity (Wildman–Crippen MR) is 153 cm³/mol. The molecule has 1 aliphatic heterocycles. The van der Waals surface area contributed by atoms with Gasteiger partial charge in [-0.25, -0.2) is 0 Å². The molecule has 0 aromatic heterocycles. The Kier molecular flexibility index (Phi) is 9.11. The Bertz CT molecular complexity index is 1390. The van der Waals surface area contributed by atoms with Crippen molar-refractivity contribution in [3.05, 3.63) is 94.6 Å². The summed E-state index contributed by atoms with van der Waals surface area (Å²) in [5, 5.41) is 21.5. The summed E-state index contributed by atoms with van der Waals surface area (Å²) in [4.78, 5) is 30.2. The Labute approximate surface area is 235 Å². The molecule has 0 bridgehead atoms. The van der Waals surface area contributed by atoms with Crippen LogP contribution in [0.3, 0.4) is 0 Å². The van der Waals surface area contributed by atoms with E-state index in [2.05, 4.69) is 11.0 Å². The van der Waals surface area contributed by atoms with Crippen LogP contribution in [0.4, 0.5) is 0 Å². The zero-order valence-corrected chi connectivity index (χ0v) is 23.4. The van der Waals surface area contributed by atoms with Gasteiger partial charge in [-0.3, -0.25) is 9.59 Å². The lowest BCUT2D eigenvalue weighted by Gasteiger charge is -2.28. The Morgan fingerprint density at radius 2 is 1.73 bits per heavy atom. The maximum atomic E-state index is 13.3. The number of benzene rings is 3. The molecule has 0 aliphatic carbocycles. The molecule has 1 aliphatic rings. The maximum absolute atomic E-state index is 13.3. The standard InChI is InChI=1S/C32H36N2O6/c1-5-33(6-2)16-17-34-29(24-12-15-26(35)27(19-24)39-4)28(31(37)32(34)38)30(36)23-10-13-25(14-11-23)40-20-22-9-7-8-21(3)18-22/h7-15,18-19,29,35-36H,5-6,16-17,20H2,1-4H3/t29-/m1/s1. The van der Waals surface area contributed by atoms with Crippen LogP contribution >= 0.6 is 0 Å². The predicted octanol–water partition coefficient (Wildman–Crippen LogP) is 5.05. The third-order valence-corrected chi connectivity index (χ3v) is 7.23. The number of ketones is 1. The van der Waals surface area contributed by atoms with Gasteiger partial charge in [-0.15, -0.1) is 0 Å². The highest BCUT2D eigenvalue weighted by Crippen LogP contribution is 2.41. The highest BCUT2D eigenvalue weighted by molar-refractivity contribution is 6.46.